The van der Waals surface area contributed by atoms with Gasteiger partial charge in [0.2, 0.25) is 0 Å². The molecule has 4 nitrogen and oxygen atoms in total. The largest absolute Gasteiger partial charge is 0.385 e. The van der Waals surface area contributed by atoms with Crippen LogP contribution < -0.4 is 10.6 Å². The molecule has 0 heterocycles. The van der Waals surface area contributed by atoms with Gasteiger partial charge in [0.25, 0.3) is 0 Å². The first-order valence-corrected chi connectivity index (χ1v) is 7.30. The van der Waals surface area contributed by atoms with E-state index in [1.54, 1.807) is 0 Å². The van der Waals surface area contributed by atoms with Crippen molar-refractivity contribution >= 4 is 11.4 Å². The Bertz CT molecular complexity index is 599. The van der Waals surface area contributed by atoms with Crippen LogP contribution in [0.4, 0.5) is 11.4 Å². The van der Waals surface area contributed by atoms with Crippen molar-refractivity contribution in [2.24, 2.45) is 0 Å². The van der Waals surface area contributed by atoms with Gasteiger partial charge >= 0.3 is 0 Å². The molecule has 0 amide bonds. The Labute approximate surface area is 131 Å². The van der Waals surface area contributed by atoms with Crippen LogP contribution in [0.1, 0.15) is 24.0 Å². The maximum Gasteiger partial charge on any atom is 0.0991 e. The maximum atomic E-state index is 8.73. The lowest BCUT2D eigenvalue weighted by atomic mass is 10.2. The molecule has 0 saturated carbocycles. The van der Waals surface area contributed by atoms with Gasteiger partial charge in [-0.3, -0.25) is 0 Å². The quantitative estimate of drug-likeness (QED) is 0.762. The van der Waals surface area contributed by atoms with Crippen LogP contribution in [-0.4, -0.2) is 13.1 Å². The summed E-state index contributed by atoms with van der Waals surface area (Å²) in [6.45, 7) is 1.81. The second-order valence-electron chi connectivity index (χ2n) is 4.94. The summed E-state index contributed by atoms with van der Waals surface area (Å²) in [5, 5.41) is 24.1. The second-order valence-corrected chi connectivity index (χ2v) is 4.94. The van der Waals surface area contributed by atoms with E-state index in [4.69, 9.17) is 10.5 Å². The Morgan fingerprint density at radius 2 is 1.00 bits per heavy atom. The topological polar surface area (TPSA) is 71.6 Å². The second kappa shape index (κ2) is 8.34. The van der Waals surface area contributed by atoms with E-state index in [2.05, 4.69) is 22.8 Å². The zero-order valence-corrected chi connectivity index (χ0v) is 12.3. The monoisotopic (exact) mass is 290 g/mol. The van der Waals surface area contributed by atoms with Gasteiger partial charge in [-0.2, -0.15) is 10.5 Å². The third kappa shape index (κ3) is 4.85. The number of nitrogens with one attached hydrogen (secondary N) is 2. The van der Waals surface area contributed by atoms with E-state index in [9.17, 15) is 0 Å². The van der Waals surface area contributed by atoms with E-state index in [1.165, 1.54) is 0 Å². The summed E-state index contributed by atoms with van der Waals surface area (Å²) in [5.74, 6) is 0. The predicted molar refractivity (Wildman–Crippen MR) is 88.5 cm³/mol. The normalized spacial score (nSPS) is 9.55. The summed E-state index contributed by atoms with van der Waals surface area (Å²) in [6.07, 6.45) is 2.12. The van der Waals surface area contributed by atoms with Crippen LogP contribution >= 0.6 is 0 Å². The number of benzene rings is 2. The number of hydrogen-bond donors (Lipinski definition) is 2. The molecule has 4 heteroatoms. The van der Waals surface area contributed by atoms with E-state index in [-0.39, 0.29) is 0 Å². The summed E-state index contributed by atoms with van der Waals surface area (Å²) < 4.78 is 0. The minimum Gasteiger partial charge on any atom is -0.385 e. The third-order valence-corrected chi connectivity index (χ3v) is 3.29. The highest BCUT2D eigenvalue weighted by atomic mass is 14.9. The fourth-order valence-electron chi connectivity index (χ4n) is 2.04. The van der Waals surface area contributed by atoms with Crippen molar-refractivity contribution in [2.75, 3.05) is 23.7 Å². The number of nitriles is 2. The maximum absolute atomic E-state index is 8.73. The van der Waals surface area contributed by atoms with Gasteiger partial charge < -0.3 is 10.6 Å². The van der Waals surface area contributed by atoms with E-state index >= 15 is 0 Å². The molecule has 110 valence electrons. The summed E-state index contributed by atoms with van der Waals surface area (Å²) in [6, 6.07) is 19.2. The van der Waals surface area contributed by atoms with Crippen molar-refractivity contribution in [3.05, 3.63) is 59.7 Å². The van der Waals surface area contributed by atoms with E-state index in [0.29, 0.717) is 11.1 Å². The zero-order chi connectivity index (χ0) is 15.6. The van der Waals surface area contributed by atoms with E-state index in [1.807, 2.05) is 48.5 Å². The van der Waals surface area contributed by atoms with Gasteiger partial charge in [-0.25, -0.2) is 0 Å². The fourth-order valence-corrected chi connectivity index (χ4v) is 2.04. The van der Waals surface area contributed by atoms with Gasteiger partial charge in [0.15, 0.2) is 0 Å². The van der Waals surface area contributed by atoms with E-state index < -0.39 is 0 Å². The van der Waals surface area contributed by atoms with Crippen LogP contribution in [0.2, 0.25) is 0 Å². The number of hydrogen-bond acceptors (Lipinski definition) is 4. The van der Waals surface area contributed by atoms with Crippen molar-refractivity contribution in [3.8, 4) is 12.1 Å². The highest BCUT2D eigenvalue weighted by molar-refractivity contribution is 5.48. The smallest absolute Gasteiger partial charge is 0.0991 e. The molecule has 0 unspecified atom stereocenters. The lowest BCUT2D eigenvalue weighted by molar-refractivity contribution is 0.796. The van der Waals surface area contributed by atoms with Crippen molar-refractivity contribution in [1.29, 1.82) is 10.5 Å². The van der Waals surface area contributed by atoms with Crippen molar-refractivity contribution in [2.45, 2.75) is 12.8 Å². The summed E-state index contributed by atoms with van der Waals surface area (Å²) in [7, 11) is 0. The first-order valence-electron chi connectivity index (χ1n) is 7.30. The molecule has 2 N–H and O–H groups in total. The molecule has 0 fully saturated rings. The molecule has 2 aromatic carbocycles. The molecule has 2 rings (SSSR count). The van der Waals surface area contributed by atoms with Crippen LogP contribution in [-0.2, 0) is 0 Å². The minimum atomic E-state index is 0.678. The van der Waals surface area contributed by atoms with Gasteiger partial charge in [-0.1, -0.05) is 0 Å². The molecule has 0 atom stereocenters. The SMILES string of the molecule is N#Cc1ccc(NCCCCNc2ccc(C#N)cc2)cc1. The van der Waals surface area contributed by atoms with Gasteiger partial charge in [0, 0.05) is 24.5 Å². The number of unbranched alkanes of at least 4 members (excludes halogenated alkanes) is 1. The van der Waals surface area contributed by atoms with Crippen LogP contribution in [0.25, 0.3) is 0 Å². The molecule has 0 saturated heterocycles. The minimum absolute atomic E-state index is 0.678. The first-order chi connectivity index (χ1) is 10.8. The van der Waals surface area contributed by atoms with Gasteiger partial charge in [0.1, 0.15) is 0 Å². The molecule has 22 heavy (non-hydrogen) atoms. The molecular weight excluding hydrogens is 272 g/mol. The van der Waals surface area contributed by atoms with Crippen LogP contribution in [0.5, 0.6) is 0 Å². The van der Waals surface area contributed by atoms with Crippen molar-refractivity contribution in [1.82, 2.24) is 0 Å². The highest BCUT2D eigenvalue weighted by Crippen LogP contribution is 2.10. The summed E-state index contributed by atoms with van der Waals surface area (Å²) in [4.78, 5) is 0. The van der Waals surface area contributed by atoms with Gasteiger partial charge in [-0.15, -0.1) is 0 Å². The average molecular weight is 290 g/mol. The molecule has 0 aromatic heterocycles. The Morgan fingerprint density at radius 3 is 1.32 bits per heavy atom. The molecule has 0 aliphatic rings. The first kappa shape index (κ1) is 15.4. The number of anilines is 2. The van der Waals surface area contributed by atoms with Gasteiger partial charge in [-0.05, 0) is 61.4 Å². The van der Waals surface area contributed by atoms with Gasteiger partial charge in [0.05, 0.1) is 23.3 Å². The van der Waals surface area contributed by atoms with E-state index in [0.717, 1.165) is 37.3 Å². The molecule has 0 aliphatic heterocycles. The zero-order valence-electron chi connectivity index (χ0n) is 12.3. The summed E-state index contributed by atoms with van der Waals surface area (Å²) in [5.41, 5.74) is 3.44. The molecular formula is C18H18N4. The molecule has 0 radical (unpaired) electrons. The number of nitrogens with zero attached hydrogens (tertiary/aromatic N) is 2. The predicted octanol–water partition coefficient (Wildman–Crippen LogP) is 3.73. The van der Waals surface area contributed by atoms with Crippen LogP contribution in [0.3, 0.4) is 0 Å². The standard InChI is InChI=1S/C18H18N4/c19-13-15-3-7-17(8-4-15)21-11-1-2-12-22-18-9-5-16(14-20)6-10-18/h3-10,21-22H,1-2,11-12H2. The van der Waals surface area contributed by atoms with Crippen molar-refractivity contribution in [3.63, 3.8) is 0 Å². The Hall–Kier alpha value is -2.98. The number of rotatable bonds is 7. The third-order valence-electron chi connectivity index (χ3n) is 3.29. The molecule has 0 spiro atoms. The lowest BCUT2D eigenvalue weighted by Crippen LogP contribution is -2.06. The Balaban J connectivity index is 1.60. The highest BCUT2D eigenvalue weighted by Gasteiger charge is 1.95. The Morgan fingerprint density at radius 1 is 0.636 bits per heavy atom. The Kier molecular flexibility index (Phi) is 5.84. The molecule has 0 bridgehead atoms. The van der Waals surface area contributed by atoms with Crippen LogP contribution in [0.15, 0.2) is 48.5 Å². The molecule has 2 aromatic rings. The average Bonchev–Trinajstić information content (AvgIpc) is 2.59. The summed E-state index contributed by atoms with van der Waals surface area (Å²) >= 11 is 0. The molecule has 0 aliphatic carbocycles. The van der Waals surface area contributed by atoms with Crippen molar-refractivity contribution < 1.29 is 0 Å². The van der Waals surface area contributed by atoms with Crippen LogP contribution in [0, 0.1) is 22.7 Å². The lowest BCUT2D eigenvalue weighted by Gasteiger charge is -2.08. The fraction of sp³-hybridized carbons (Fsp3) is 0.222.